The zero-order valence-corrected chi connectivity index (χ0v) is 12.9. The highest BCUT2D eigenvalue weighted by Crippen LogP contribution is 2.19. The highest BCUT2D eigenvalue weighted by atomic mass is 32.2. The average molecular weight is 328 g/mol. The maximum atomic E-state index is 13.2. The minimum atomic E-state index is -0.409. The minimum Gasteiger partial charge on any atom is -0.325 e. The van der Waals surface area contributed by atoms with Gasteiger partial charge in [0.1, 0.15) is 10.9 Å². The van der Waals surface area contributed by atoms with E-state index in [0.717, 1.165) is 16.9 Å². The molecule has 1 amide bonds. The van der Waals surface area contributed by atoms with E-state index in [4.69, 9.17) is 0 Å². The van der Waals surface area contributed by atoms with Gasteiger partial charge in [0.15, 0.2) is 0 Å². The normalized spacial score (nSPS) is 13.4. The Kier molecular flexibility index (Phi) is 4.77. The molecule has 0 bridgehead atoms. The quantitative estimate of drug-likeness (QED) is 0.938. The topological polar surface area (TPSA) is 66.7 Å². The molecule has 23 heavy (non-hydrogen) atoms. The first-order valence-electron chi connectivity index (χ1n) is 6.93. The molecule has 5 nitrogen and oxygen atoms in total. The number of para-hydroxylation sites is 1. The third-order valence-electron chi connectivity index (χ3n) is 3.07. The van der Waals surface area contributed by atoms with Crippen LogP contribution in [0, 0.1) is 5.82 Å². The zero-order chi connectivity index (χ0) is 16.1. The second-order valence-electron chi connectivity index (χ2n) is 4.81. The van der Waals surface area contributed by atoms with Crippen LogP contribution in [-0.4, -0.2) is 27.4 Å². The number of carbonyl (C=O) groups excluding carboxylic acids is 1. The molecule has 0 unspecified atom stereocenters. The lowest BCUT2D eigenvalue weighted by Gasteiger charge is -2.04. The molecule has 0 aliphatic carbocycles. The summed E-state index contributed by atoms with van der Waals surface area (Å²) in [5.74, 6) is -0.268. The van der Waals surface area contributed by atoms with E-state index < -0.39 is 5.82 Å². The SMILES string of the molecule is O=C(CSC1=NN=C(c2cncc(F)c2)C1)Nc1ccccc1. The van der Waals surface area contributed by atoms with Crippen LogP contribution in [0.3, 0.4) is 0 Å². The van der Waals surface area contributed by atoms with Crippen LogP contribution in [0.5, 0.6) is 0 Å². The molecule has 0 saturated carbocycles. The van der Waals surface area contributed by atoms with Gasteiger partial charge in [0.2, 0.25) is 5.91 Å². The molecule has 0 fully saturated rings. The van der Waals surface area contributed by atoms with Crippen molar-refractivity contribution in [1.29, 1.82) is 0 Å². The molecule has 1 aliphatic rings. The number of amides is 1. The Bertz CT molecular complexity index is 777. The molecule has 7 heteroatoms. The van der Waals surface area contributed by atoms with Crippen LogP contribution in [0.15, 0.2) is 59.0 Å². The Hall–Kier alpha value is -2.54. The molecule has 1 aromatic carbocycles. The largest absolute Gasteiger partial charge is 0.325 e. The molecule has 1 N–H and O–H groups in total. The summed E-state index contributed by atoms with van der Waals surface area (Å²) in [5, 5.41) is 11.6. The van der Waals surface area contributed by atoms with E-state index in [1.165, 1.54) is 17.8 Å². The van der Waals surface area contributed by atoms with Crippen molar-refractivity contribution in [1.82, 2.24) is 4.98 Å². The monoisotopic (exact) mass is 328 g/mol. The molecule has 0 spiro atoms. The predicted molar refractivity (Wildman–Crippen MR) is 90.3 cm³/mol. The van der Waals surface area contributed by atoms with Gasteiger partial charge in [0.25, 0.3) is 0 Å². The standard InChI is InChI=1S/C16H13FN4OS/c17-12-6-11(8-18-9-12)14-7-16(21-20-14)23-10-15(22)19-13-4-2-1-3-5-13/h1-6,8-9H,7,10H2,(H,19,22). The summed E-state index contributed by atoms with van der Waals surface area (Å²) >= 11 is 1.32. The summed E-state index contributed by atoms with van der Waals surface area (Å²) in [6.45, 7) is 0. The van der Waals surface area contributed by atoms with Crippen LogP contribution in [0.25, 0.3) is 0 Å². The van der Waals surface area contributed by atoms with Crippen molar-refractivity contribution in [3.05, 3.63) is 60.2 Å². The highest BCUT2D eigenvalue weighted by Gasteiger charge is 2.17. The van der Waals surface area contributed by atoms with Crippen LogP contribution in [0.2, 0.25) is 0 Å². The molecule has 1 aromatic heterocycles. The van der Waals surface area contributed by atoms with E-state index in [1.54, 1.807) is 6.20 Å². The van der Waals surface area contributed by atoms with Crippen LogP contribution in [0.1, 0.15) is 12.0 Å². The van der Waals surface area contributed by atoms with Crippen molar-refractivity contribution in [2.75, 3.05) is 11.1 Å². The van der Waals surface area contributed by atoms with Crippen LogP contribution in [-0.2, 0) is 4.79 Å². The number of nitrogens with one attached hydrogen (secondary N) is 1. The minimum absolute atomic E-state index is 0.107. The number of aromatic nitrogens is 1. The number of halogens is 1. The van der Waals surface area contributed by atoms with Gasteiger partial charge >= 0.3 is 0 Å². The van der Waals surface area contributed by atoms with Gasteiger partial charge in [-0.2, -0.15) is 5.10 Å². The van der Waals surface area contributed by atoms with Gasteiger partial charge < -0.3 is 5.32 Å². The fraction of sp³-hybridized carbons (Fsp3) is 0.125. The van der Waals surface area contributed by atoms with E-state index >= 15 is 0 Å². The average Bonchev–Trinajstić information content (AvgIpc) is 3.03. The van der Waals surface area contributed by atoms with Gasteiger partial charge in [-0.15, -0.1) is 5.10 Å². The second kappa shape index (κ2) is 7.15. The third-order valence-corrected chi connectivity index (χ3v) is 4.03. The molecule has 0 radical (unpaired) electrons. The number of pyridine rings is 1. The lowest BCUT2D eigenvalue weighted by atomic mass is 10.1. The number of hydrogen-bond donors (Lipinski definition) is 1. The summed E-state index contributed by atoms with van der Waals surface area (Å²) in [4.78, 5) is 15.7. The Morgan fingerprint density at radius 1 is 1.22 bits per heavy atom. The first-order chi connectivity index (χ1) is 11.2. The smallest absolute Gasteiger partial charge is 0.234 e. The van der Waals surface area contributed by atoms with Gasteiger partial charge in [-0.1, -0.05) is 30.0 Å². The molecule has 0 atom stereocenters. The number of carbonyl (C=O) groups is 1. The molecule has 116 valence electrons. The van der Waals surface area contributed by atoms with E-state index in [0.29, 0.717) is 17.7 Å². The lowest BCUT2D eigenvalue weighted by molar-refractivity contribution is -0.113. The van der Waals surface area contributed by atoms with Crippen molar-refractivity contribution >= 4 is 34.1 Å². The fourth-order valence-electron chi connectivity index (χ4n) is 2.01. The van der Waals surface area contributed by atoms with E-state index in [9.17, 15) is 9.18 Å². The van der Waals surface area contributed by atoms with Gasteiger partial charge in [-0.05, 0) is 18.2 Å². The molecule has 2 heterocycles. The summed E-state index contributed by atoms with van der Waals surface area (Å²) < 4.78 is 13.2. The number of thioether (sulfide) groups is 1. The summed E-state index contributed by atoms with van der Waals surface area (Å²) in [7, 11) is 0. The summed E-state index contributed by atoms with van der Waals surface area (Å²) in [6, 6.07) is 10.6. The van der Waals surface area contributed by atoms with Crippen molar-refractivity contribution in [3.63, 3.8) is 0 Å². The fourth-order valence-corrected chi connectivity index (χ4v) is 2.71. The van der Waals surface area contributed by atoms with Crippen molar-refractivity contribution in [3.8, 4) is 0 Å². The summed E-state index contributed by atoms with van der Waals surface area (Å²) in [6.07, 6.45) is 3.17. The van der Waals surface area contributed by atoms with Crippen LogP contribution in [0.4, 0.5) is 10.1 Å². The Morgan fingerprint density at radius 2 is 2.04 bits per heavy atom. The predicted octanol–water partition coefficient (Wildman–Crippen LogP) is 3.10. The number of nitrogens with zero attached hydrogens (tertiary/aromatic N) is 3. The van der Waals surface area contributed by atoms with Gasteiger partial charge in [0.05, 0.1) is 17.7 Å². The first kappa shape index (κ1) is 15.4. The lowest BCUT2D eigenvalue weighted by Crippen LogP contribution is -2.15. The number of hydrogen-bond acceptors (Lipinski definition) is 5. The van der Waals surface area contributed by atoms with E-state index in [-0.39, 0.29) is 11.7 Å². The Labute approximate surface area is 136 Å². The zero-order valence-electron chi connectivity index (χ0n) is 12.1. The molecular formula is C16H13FN4OS. The van der Waals surface area contributed by atoms with Crippen LogP contribution < -0.4 is 5.32 Å². The number of anilines is 1. The third kappa shape index (κ3) is 4.23. The van der Waals surface area contributed by atoms with Crippen molar-refractivity contribution < 1.29 is 9.18 Å². The summed E-state index contributed by atoms with van der Waals surface area (Å²) in [5.41, 5.74) is 2.02. The maximum Gasteiger partial charge on any atom is 0.234 e. The first-order valence-corrected chi connectivity index (χ1v) is 7.91. The van der Waals surface area contributed by atoms with Gasteiger partial charge in [-0.25, -0.2) is 4.39 Å². The van der Waals surface area contributed by atoms with Gasteiger partial charge in [0, 0.05) is 23.9 Å². The Balaban J connectivity index is 1.49. The second-order valence-corrected chi connectivity index (χ2v) is 5.86. The van der Waals surface area contributed by atoms with E-state index in [2.05, 4.69) is 20.5 Å². The van der Waals surface area contributed by atoms with Crippen LogP contribution >= 0.6 is 11.8 Å². The number of benzene rings is 1. The van der Waals surface area contributed by atoms with Crippen molar-refractivity contribution in [2.45, 2.75) is 6.42 Å². The van der Waals surface area contributed by atoms with E-state index in [1.807, 2.05) is 30.3 Å². The molecule has 0 saturated heterocycles. The maximum absolute atomic E-state index is 13.2. The Morgan fingerprint density at radius 3 is 2.83 bits per heavy atom. The molecule has 2 aromatic rings. The van der Waals surface area contributed by atoms with Gasteiger partial charge in [-0.3, -0.25) is 9.78 Å². The molecular weight excluding hydrogens is 315 g/mol. The molecule has 3 rings (SSSR count). The number of rotatable bonds is 4. The van der Waals surface area contributed by atoms with Crippen molar-refractivity contribution in [2.24, 2.45) is 10.2 Å². The highest BCUT2D eigenvalue weighted by molar-refractivity contribution is 8.14. The molecule has 1 aliphatic heterocycles.